The Labute approximate surface area is 120 Å². The highest BCUT2D eigenvalue weighted by atomic mass is 79.9. The second-order valence-electron chi connectivity index (χ2n) is 4.07. The van der Waals surface area contributed by atoms with Crippen LogP contribution in [-0.4, -0.2) is 39.2 Å². The number of nitrogens with one attached hydrogen (secondary N) is 1. The normalized spacial score (nSPS) is 10.9. The van der Waals surface area contributed by atoms with E-state index in [0.29, 0.717) is 0 Å². The maximum absolute atomic E-state index is 5.27. The molecule has 0 unspecified atom stereocenters. The smallest absolute Gasteiger partial charge is 0.147 e. The fourth-order valence-electron chi connectivity index (χ4n) is 1.44. The molecule has 0 aromatic heterocycles. The molecule has 0 amide bonds. The zero-order chi connectivity index (χ0) is 12.8. The van der Waals surface area contributed by atoms with Gasteiger partial charge in [0.05, 0.1) is 16.1 Å². The summed E-state index contributed by atoms with van der Waals surface area (Å²) in [6, 6.07) is 4.15. The Morgan fingerprint density at radius 3 is 2.29 bits per heavy atom. The monoisotopic (exact) mass is 364 g/mol. The highest BCUT2D eigenvalue weighted by Crippen LogP contribution is 2.34. The van der Waals surface area contributed by atoms with E-state index in [9.17, 15) is 0 Å². The molecule has 1 aromatic rings. The molecular weight excluding hydrogens is 348 g/mol. The zero-order valence-corrected chi connectivity index (χ0v) is 13.6. The van der Waals surface area contributed by atoms with Crippen molar-refractivity contribution in [2.75, 3.05) is 34.3 Å². The van der Waals surface area contributed by atoms with Crippen LogP contribution in [0.15, 0.2) is 21.1 Å². The Balaban J connectivity index is 2.55. The highest BCUT2D eigenvalue weighted by Gasteiger charge is 2.07. The Bertz CT molecular complexity index is 347. The van der Waals surface area contributed by atoms with E-state index in [1.54, 1.807) is 7.11 Å². The molecule has 3 nitrogen and oxygen atoms in total. The van der Waals surface area contributed by atoms with Gasteiger partial charge in [0.1, 0.15) is 5.75 Å². The van der Waals surface area contributed by atoms with Crippen molar-refractivity contribution in [1.29, 1.82) is 0 Å². The van der Waals surface area contributed by atoms with Crippen LogP contribution in [-0.2, 0) is 6.54 Å². The molecule has 1 aromatic carbocycles. The fraction of sp³-hybridized carbons (Fsp3) is 0.500. The Morgan fingerprint density at radius 1 is 1.24 bits per heavy atom. The second-order valence-corrected chi connectivity index (χ2v) is 5.78. The van der Waals surface area contributed by atoms with Gasteiger partial charge in [-0.15, -0.1) is 0 Å². The lowest BCUT2D eigenvalue weighted by molar-refractivity contribution is 0.399. The van der Waals surface area contributed by atoms with Crippen molar-refractivity contribution >= 4 is 31.9 Å². The van der Waals surface area contributed by atoms with Crippen LogP contribution < -0.4 is 10.1 Å². The van der Waals surface area contributed by atoms with E-state index in [0.717, 1.165) is 34.3 Å². The number of likely N-dealkylation sites (N-methyl/N-ethyl adjacent to an activating group) is 1. The Hall–Kier alpha value is -0.100. The lowest BCUT2D eigenvalue weighted by Crippen LogP contribution is -2.26. The van der Waals surface area contributed by atoms with Crippen LogP contribution in [0, 0.1) is 0 Å². The van der Waals surface area contributed by atoms with Gasteiger partial charge in [-0.25, -0.2) is 0 Å². The summed E-state index contributed by atoms with van der Waals surface area (Å²) in [5, 5.41) is 3.40. The van der Waals surface area contributed by atoms with Crippen LogP contribution in [0.5, 0.6) is 5.75 Å². The summed E-state index contributed by atoms with van der Waals surface area (Å²) in [6.07, 6.45) is 0. The molecule has 5 heteroatoms. The predicted octanol–water partition coefficient (Wildman–Crippen LogP) is 2.87. The number of hydrogen-bond acceptors (Lipinski definition) is 3. The third-order valence-electron chi connectivity index (χ3n) is 2.33. The Morgan fingerprint density at radius 2 is 1.82 bits per heavy atom. The molecule has 17 heavy (non-hydrogen) atoms. The van der Waals surface area contributed by atoms with E-state index < -0.39 is 0 Å². The molecule has 0 aliphatic heterocycles. The van der Waals surface area contributed by atoms with E-state index in [1.165, 1.54) is 5.56 Å². The number of halogens is 2. The minimum absolute atomic E-state index is 0.835. The predicted molar refractivity (Wildman–Crippen MR) is 78.7 cm³/mol. The maximum Gasteiger partial charge on any atom is 0.147 e. The topological polar surface area (TPSA) is 24.5 Å². The first-order chi connectivity index (χ1) is 8.04. The molecule has 0 aliphatic carbocycles. The molecular formula is C12H18Br2N2O. The van der Waals surface area contributed by atoms with Crippen LogP contribution in [0.25, 0.3) is 0 Å². The van der Waals surface area contributed by atoms with Crippen LogP contribution in [0.4, 0.5) is 0 Å². The zero-order valence-electron chi connectivity index (χ0n) is 10.4. The molecule has 96 valence electrons. The molecule has 0 saturated carbocycles. The van der Waals surface area contributed by atoms with Crippen molar-refractivity contribution in [3.8, 4) is 5.75 Å². The number of hydrogen-bond donors (Lipinski definition) is 1. The van der Waals surface area contributed by atoms with Gasteiger partial charge in [0.25, 0.3) is 0 Å². The number of nitrogens with zero attached hydrogens (tertiary/aromatic N) is 1. The van der Waals surface area contributed by atoms with Crippen molar-refractivity contribution in [3.63, 3.8) is 0 Å². The first-order valence-corrected chi connectivity index (χ1v) is 7.00. The third kappa shape index (κ3) is 4.95. The van der Waals surface area contributed by atoms with E-state index in [2.05, 4.69) is 68.3 Å². The van der Waals surface area contributed by atoms with E-state index in [1.807, 2.05) is 0 Å². The summed E-state index contributed by atoms with van der Waals surface area (Å²) < 4.78 is 7.21. The Kier molecular flexibility index (Phi) is 6.48. The third-order valence-corrected chi connectivity index (χ3v) is 3.51. The lowest BCUT2D eigenvalue weighted by Gasteiger charge is -2.12. The molecule has 0 bridgehead atoms. The summed E-state index contributed by atoms with van der Waals surface area (Å²) in [5.41, 5.74) is 1.23. The lowest BCUT2D eigenvalue weighted by atomic mass is 10.2. The van der Waals surface area contributed by atoms with Crippen LogP contribution in [0.1, 0.15) is 5.56 Å². The largest absolute Gasteiger partial charge is 0.494 e. The molecule has 0 fully saturated rings. The van der Waals surface area contributed by atoms with Gasteiger partial charge in [-0.3, -0.25) is 0 Å². The van der Waals surface area contributed by atoms with Crippen molar-refractivity contribution in [1.82, 2.24) is 10.2 Å². The van der Waals surface area contributed by atoms with Gasteiger partial charge >= 0.3 is 0 Å². The van der Waals surface area contributed by atoms with E-state index in [-0.39, 0.29) is 0 Å². The minimum atomic E-state index is 0.835. The van der Waals surface area contributed by atoms with Crippen molar-refractivity contribution in [2.45, 2.75) is 6.54 Å². The summed E-state index contributed by atoms with van der Waals surface area (Å²) in [4.78, 5) is 2.16. The average molecular weight is 366 g/mol. The maximum atomic E-state index is 5.27. The van der Waals surface area contributed by atoms with Gasteiger partial charge in [0, 0.05) is 19.6 Å². The van der Waals surface area contributed by atoms with Gasteiger partial charge < -0.3 is 15.0 Å². The first-order valence-electron chi connectivity index (χ1n) is 5.42. The molecule has 0 aliphatic rings. The van der Waals surface area contributed by atoms with Gasteiger partial charge in [0.2, 0.25) is 0 Å². The molecule has 0 atom stereocenters. The van der Waals surface area contributed by atoms with Gasteiger partial charge in [-0.05, 0) is 63.7 Å². The summed E-state index contributed by atoms with van der Waals surface area (Å²) in [6.45, 7) is 2.88. The number of benzene rings is 1. The number of methoxy groups -OCH3 is 1. The SMILES string of the molecule is COc1c(Br)cc(CNCCN(C)C)cc1Br. The van der Waals surface area contributed by atoms with E-state index >= 15 is 0 Å². The first kappa shape index (κ1) is 15.0. The summed E-state index contributed by atoms with van der Waals surface area (Å²) in [5.74, 6) is 0.835. The number of rotatable bonds is 6. The van der Waals surface area contributed by atoms with Crippen molar-refractivity contribution in [2.24, 2.45) is 0 Å². The molecule has 0 saturated heterocycles. The van der Waals surface area contributed by atoms with Crippen molar-refractivity contribution in [3.05, 3.63) is 26.6 Å². The summed E-state index contributed by atoms with van der Waals surface area (Å²) in [7, 11) is 5.81. The molecule has 1 N–H and O–H groups in total. The van der Waals surface area contributed by atoms with Gasteiger partial charge in [0.15, 0.2) is 0 Å². The van der Waals surface area contributed by atoms with Crippen LogP contribution >= 0.6 is 31.9 Å². The average Bonchev–Trinajstić information content (AvgIpc) is 2.24. The quantitative estimate of drug-likeness (QED) is 0.784. The second kappa shape index (κ2) is 7.36. The van der Waals surface area contributed by atoms with Crippen LogP contribution in [0.2, 0.25) is 0 Å². The highest BCUT2D eigenvalue weighted by molar-refractivity contribution is 9.11. The van der Waals surface area contributed by atoms with Crippen molar-refractivity contribution < 1.29 is 4.74 Å². The standard InChI is InChI=1S/C12H18Br2N2O/c1-16(2)5-4-15-8-9-6-10(13)12(17-3)11(14)7-9/h6-7,15H,4-5,8H2,1-3H3. The van der Waals surface area contributed by atoms with E-state index in [4.69, 9.17) is 4.74 Å². The molecule has 0 radical (unpaired) electrons. The van der Waals surface area contributed by atoms with Gasteiger partial charge in [-0.2, -0.15) is 0 Å². The summed E-state index contributed by atoms with van der Waals surface area (Å²) >= 11 is 7.00. The fourth-order valence-corrected chi connectivity index (χ4v) is 3.05. The molecule has 0 heterocycles. The molecule has 1 rings (SSSR count). The number of ether oxygens (including phenoxy) is 1. The molecule has 0 spiro atoms. The van der Waals surface area contributed by atoms with Gasteiger partial charge in [-0.1, -0.05) is 0 Å². The minimum Gasteiger partial charge on any atom is -0.494 e. The van der Waals surface area contributed by atoms with Crippen LogP contribution in [0.3, 0.4) is 0 Å².